The normalized spacial score (nSPS) is 14.8. The lowest BCUT2D eigenvalue weighted by molar-refractivity contribution is -0.153. The van der Waals surface area contributed by atoms with Crippen LogP contribution < -0.4 is 5.73 Å². The molecule has 0 radical (unpaired) electrons. The molecule has 0 unspecified atom stereocenters. The summed E-state index contributed by atoms with van der Waals surface area (Å²) in [5.74, 6) is -0.633. The first-order valence-electron chi connectivity index (χ1n) is 4.67. The molecular weight excluding hydrogens is 297 g/mol. The second kappa shape index (κ2) is 6.56. The molecule has 104 valence electrons. The minimum atomic E-state index is -4.59. The molecule has 0 aliphatic carbocycles. The molecule has 2 nitrogen and oxygen atoms in total. The standard InChI is InChI=1S/C10H10ClF4NO.ClH/c11-7-3-5(12)1-2-6(7)8(17)4-9(16)10(13,14)15;/h1-3,8-9,17H,4,16H2;1H/t8-,9-;/m1./s1. The van der Waals surface area contributed by atoms with Gasteiger partial charge in [0.25, 0.3) is 0 Å². The van der Waals surface area contributed by atoms with Crippen molar-refractivity contribution in [3.05, 3.63) is 34.6 Å². The Balaban J connectivity index is 0.00000289. The second-order valence-corrected chi connectivity index (χ2v) is 3.97. The van der Waals surface area contributed by atoms with Crippen molar-refractivity contribution in [2.75, 3.05) is 0 Å². The van der Waals surface area contributed by atoms with Crippen molar-refractivity contribution in [1.82, 2.24) is 0 Å². The van der Waals surface area contributed by atoms with Gasteiger partial charge in [0.05, 0.1) is 6.10 Å². The Labute approximate surface area is 112 Å². The van der Waals surface area contributed by atoms with E-state index in [1.807, 2.05) is 0 Å². The number of benzene rings is 1. The van der Waals surface area contributed by atoms with Gasteiger partial charge >= 0.3 is 6.18 Å². The van der Waals surface area contributed by atoms with Gasteiger partial charge in [0, 0.05) is 11.4 Å². The predicted octanol–water partition coefficient (Wildman–Crippen LogP) is 3.21. The molecule has 1 aromatic carbocycles. The topological polar surface area (TPSA) is 46.2 Å². The van der Waals surface area contributed by atoms with Crippen molar-refractivity contribution >= 4 is 24.0 Å². The highest BCUT2D eigenvalue weighted by atomic mass is 35.5. The summed E-state index contributed by atoms with van der Waals surface area (Å²) in [6.45, 7) is 0. The zero-order valence-electron chi connectivity index (χ0n) is 8.92. The molecule has 0 bridgehead atoms. The summed E-state index contributed by atoms with van der Waals surface area (Å²) >= 11 is 5.60. The fourth-order valence-electron chi connectivity index (χ4n) is 1.27. The van der Waals surface area contributed by atoms with Crippen molar-refractivity contribution < 1.29 is 22.7 Å². The average Bonchev–Trinajstić information content (AvgIpc) is 2.15. The van der Waals surface area contributed by atoms with E-state index >= 15 is 0 Å². The van der Waals surface area contributed by atoms with Crippen molar-refractivity contribution in [3.8, 4) is 0 Å². The first-order chi connectivity index (χ1) is 7.71. The lowest BCUT2D eigenvalue weighted by atomic mass is 10.0. The highest BCUT2D eigenvalue weighted by Crippen LogP contribution is 2.30. The van der Waals surface area contributed by atoms with Crippen LogP contribution in [-0.2, 0) is 0 Å². The number of hydrogen-bond acceptors (Lipinski definition) is 2. The number of aliphatic hydroxyl groups is 1. The van der Waals surface area contributed by atoms with E-state index in [-0.39, 0.29) is 23.0 Å². The molecule has 0 saturated carbocycles. The van der Waals surface area contributed by atoms with Crippen LogP contribution in [0.15, 0.2) is 18.2 Å². The van der Waals surface area contributed by atoms with E-state index in [1.165, 1.54) is 0 Å². The van der Waals surface area contributed by atoms with Crippen LogP contribution >= 0.6 is 24.0 Å². The largest absolute Gasteiger partial charge is 0.403 e. The van der Waals surface area contributed by atoms with Gasteiger partial charge < -0.3 is 10.8 Å². The lowest BCUT2D eigenvalue weighted by Gasteiger charge is -2.19. The summed E-state index contributed by atoms with van der Waals surface area (Å²) in [4.78, 5) is 0. The van der Waals surface area contributed by atoms with E-state index in [1.54, 1.807) is 0 Å². The number of alkyl halides is 3. The molecule has 0 spiro atoms. The number of hydrogen-bond donors (Lipinski definition) is 2. The monoisotopic (exact) mass is 307 g/mol. The van der Waals surface area contributed by atoms with Gasteiger partial charge in [-0.05, 0) is 17.7 Å². The van der Waals surface area contributed by atoms with Crippen LogP contribution in [0.3, 0.4) is 0 Å². The maximum absolute atomic E-state index is 12.7. The molecule has 18 heavy (non-hydrogen) atoms. The second-order valence-electron chi connectivity index (χ2n) is 3.57. The maximum atomic E-state index is 12.7. The molecule has 0 heterocycles. The summed E-state index contributed by atoms with van der Waals surface area (Å²) in [6.07, 6.45) is -6.80. The Hall–Kier alpha value is -0.560. The molecule has 3 N–H and O–H groups in total. The van der Waals surface area contributed by atoms with Gasteiger partial charge in [0.1, 0.15) is 11.9 Å². The van der Waals surface area contributed by atoms with Crippen molar-refractivity contribution in [2.45, 2.75) is 24.7 Å². The molecule has 0 aliphatic heterocycles. The SMILES string of the molecule is Cl.N[C@H](C[C@@H](O)c1ccc(F)cc1Cl)C(F)(F)F. The van der Waals surface area contributed by atoms with Crippen LogP contribution in [0.5, 0.6) is 0 Å². The fourth-order valence-corrected chi connectivity index (χ4v) is 1.57. The molecule has 8 heteroatoms. The Morgan fingerprint density at radius 2 is 1.89 bits per heavy atom. The van der Waals surface area contributed by atoms with E-state index in [4.69, 9.17) is 17.3 Å². The van der Waals surface area contributed by atoms with E-state index in [9.17, 15) is 22.7 Å². The molecule has 0 amide bonds. The van der Waals surface area contributed by atoms with Crippen LogP contribution in [0.25, 0.3) is 0 Å². The third kappa shape index (κ3) is 4.61. The zero-order valence-corrected chi connectivity index (χ0v) is 10.5. The Bertz CT molecular complexity index is 400. The first kappa shape index (κ1) is 17.4. The molecule has 1 aromatic rings. The smallest absolute Gasteiger partial charge is 0.388 e. The summed E-state index contributed by atoms with van der Waals surface area (Å²) in [6, 6.07) is 0.896. The summed E-state index contributed by atoms with van der Waals surface area (Å²) in [5, 5.41) is 9.41. The van der Waals surface area contributed by atoms with E-state index in [2.05, 4.69) is 0 Å². The highest BCUT2D eigenvalue weighted by molar-refractivity contribution is 6.31. The van der Waals surface area contributed by atoms with Gasteiger partial charge in [0.15, 0.2) is 0 Å². The third-order valence-corrected chi connectivity index (χ3v) is 2.55. The molecule has 0 saturated heterocycles. The average molecular weight is 308 g/mol. The van der Waals surface area contributed by atoms with Gasteiger partial charge in [0.2, 0.25) is 0 Å². The predicted molar refractivity (Wildman–Crippen MR) is 62.3 cm³/mol. The lowest BCUT2D eigenvalue weighted by Crippen LogP contribution is -2.38. The number of halogens is 6. The minimum Gasteiger partial charge on any atom is -0.388 e. The van der Waals surface area contributed by atoms with E-state index in [0.717, 1.165) is 18.2 Å². The summed E-state index contributed by atoms with van der Waals surface area (Å²) in [7, 11) is 0. The highest BCUT2D eigenvalue weighted by Gasteiger charge is 2.38. The molecule has 2 atom stereocenters. The van der Waals surface area contributed by atoms with Gasteiger partial charge in [-0.3, -0.25) is 0 Å². The van der Waals surface area contributed by atoms with E-state index < -0.39 is 30.6 Å². The number of aliphatic hydroxyl groups excluding tert-OH is 1. The van der Waals surface area contributed by atoms with Crippen LogP contribution in [0.2, 0.25) is 5.02 Å². The molecular formula is C10H11Cl2F4NO. The first-order valence-corrected chi connectivity index (χ1v) is 5.05. The molecule has 0 fully saturated rings. The Morgan fingerprint density at radius 1 is 1.33 bits per heavy atom. The van der Waals surface area contributed by atoms with Gasteiger partial charge in [-0.25, -0.2) is 4.39 Å². The molecule has 0 aromatic heterocycles. The summed E-state index contributed by atoms with van der Waals surface area (Å²) < 4.78 is 49.2. The molecule has 0 aliphatic rings. The van der Waals surface area contributed by atoms with Crippen LogP contribution in [-0.4, -0.2) is 17.3 Å². The number of nitrogens with two attached hydrogens (primary N) is 1. The van der Waals surface area contributed by atoms with Crippen molar-refractivity contribution in [1.29, 1.82) is 0 Å². The van der Waals surface area contributed by atoms with Gasteiger partial charge in [-0.1, -0.05) is 17.7 Å². The van der Waals surface area contributed by atoms with Crippen molar-refractivity contribution in [3.63, 3.8) is 0 Å². The summed E-state index contributed by atoms with van der Waals surface area (Å²) in [5.41, 5.74) is 4.89. The van der Waals surface area contributed by atoms with Gasteiger partial charge in [-0.15, -0.1) is 12.4 Å². The minimum absolute atomic E-state index is 0. The Kier molecular flexibility index (Phi) is 6.36. The maximum Gasteiger partial charge on any atom is 0.403 e. The Morgan fingerprint density at radius 3 is 2.33 bits per heavy atom. The zero-order chi connectivity index (χ0) is 13.2. The van der Waals surface area contributed by atoms with Crippen molar-refractivity contribution in [2.24, 2.45) is 5.73 Å². The fraction of sp³-hybridized carbons (Fsp3) is 0.400. The van der Waals surface area contributed by atoms with Crippen LogP contribution in [0.4, 0.5) is 17.6 Å². The van der Waals surface area contributed by atoms with Gasteiger partial charge in [-0.2, -0.15) is 13.2 Å². The number of rotatable bonds is 3. The third-order valence-electron chi connectivity index (χ3n) is 2.22. The molecule has 1 rings (SSSR count). The van der Waals surface area contributed by atoms with E-state index in [0.29, 0.717) is 0 Å². The van der Waals surface area contributed by atoms with Crippen LogP contribution in [0, 0.1) is 5.82 Å². The van der Waals surface area contributed by atoms with Crippen LogP contribution in [0.1, 0.15) is 18.1 Å². The quantitative estimate of drug-likeness (QED) is 0.842.